The number of aromatic nitrogens is 2. The minimum atomic E-state index is -0.459. The normalized spacial score (nSPS) is 14.9. The molecule has 1 aliphatic heterocycles. The van der Waals surface area contributed by atoms with Gasteiger partial charge in [0.1, 0.15) is 22.8 Å². The first kappa shape index (κ1) is 14.1. The van der Waals surface area contributed by atoms with E-state index in [4.69, 9.17) is 9.47 Å². The molecule has 0 saturated carbocycles. The summed E-state index contributed by atoms with van der Waals surface area (Å²) in [5.74, 6) is -0.354. The number of Topliss-reactive ketones (excluding diaryl/α,β-unsaturated/α-hetero) is 1. The quantitative estimate of drug-likeness (QED) is 0.626. The summed E-state index contributed by atoms with van der Waals surface area (Å²) in [7, 11) is 1.52. The second kappa shape index (κ2) is 5.02. The fraction of sp³-hybridized carbons (Fsp3) is 0.0588. The first-order valence-corrected chi connectivity index (χ1v) is 7.09. The molecule has 0 spiro atoms. The number of H-pyrrole nitrogens is 1. The largest absolute Gasteiger partial charge is 0.508 e. The lowest BCUT2D eigenvalue weighted by atomic mass is 10.1. The van der Waals surface area contributed by atoms with Crippen LogP contribution in [0.15, 0.2) is 36.2 Å². The fourth-order valence-electron chi connectivity index (χ4n) is 2.64. The average molecular weight is 324 g/mol. The number of allylic oxidation sites excluding steroid dienone is 1. The zero-order valence-corrected chi connectivity index (χ0v) is 12.5. The number of hydrogen-bond donors (Lipinski definition) is 3. The summed E-state index contributed by atoms with van der Waals surface area (Å²) in [6, 6.07) is 5.92. The number of aromatic amines is 1. The number of aromatic hydroxyl groups is 2. The van der Waals surface area contributed by atoms with Gasteiger partial charge in [0.25, 0.3) is 0 Å². The number of carbonyl (C=O) groups is 1. The highest BCUT2D eigenvalue weighted by Gasteiger charge is 2.31. The van der Waals surface area contributed by atoms with E-state index in [1.54, 1.807) is 12.3 Å². The molecular weight excluding hydrogens is 312 g/mol. The molecule has 0 aliphatic carbocycles. The highest BCUT2D eigenvalue weighted by Crippen LogP contribution is 2.40. The van der Waals surface area contributed by atoms with Gasteiger partial charge in [-0.05, 0) is 12.1 Å². The Hall–Kier alpha value is -3.48. The molecule has 0 fully saturated rings. The van der Waals surface area contributed by atoms with Crippen molar-refractivity contribution in [3.63, 3.8) is 0 Å². The lowest BCUT2D eigenvalue weighted by molar-refractivity contribution is 0.101. The van der Waals surface area contributed by atoms with Crippen LogP contribution >= 0.6 is 0 Å². The van der Waals surface area contributed by atoms with Crippen LogP contribution in [0.5, 0.6) is 23.1 Å². The maximum absolute atomic E-state index is 12.4. The Labute approximate surface area is 135 Å². The number of methoxy groups -OCH3 is 1. The standard InChI is InChI=1S/C17H12N2O5/c1-23-14-3-2-10-16(19-14)8(7-18-10)4-13-17(22)15-11(21)5-9(20)6-12(15)24-13/h2-7,18,20-21H,1H3. The summed E-state index contributed by atoms with van der Waals surface area (Å²) in [5.41, 5.74) is 2.08. The van der Waals surface area contributed by atoms with Crippen LogP contribution in [0.2, 0.25) is 0 Å². The molecule has 24 heavy (non-hydrogen) atoms. The van der Waals surface area contributed by atoms with E-state index in [1.165, 1.54) is 19.3 Å². The third kappa shape index (κ3) is 2.06. The minimum absolute atomic E-state index is 0.0319. The van der Waals surface area contributed by atoms with Crippen molar-refractivity contribution in [2.45, 2.75) is 0 Å². The van der Waals surface area contributed by atoms with Crippen molar-refractivity contribution in [2.75, 3.05) is 7.11 Å². The number of nitrogens with one attached hydrogen (secondary N) is 1. The van der Waals surface area contributed by atoms with Crippen LogP contribution in [-0.2, 0) is 0 Å². The molecular formula is C17H12N2O5. The van der Waals surface area contributed by atoms with E-state index in [2.05, 4.69) is 9.97 Å². The topological polar surface area (TPSA) is 105 Å². The number of ether oxygens (including phenoxy) is 2. The number of phenolic OH excluding ortho intramolecular Hbond substituents is 2. The van der Waals surface area contributed by atoms with Crippen LogP contribution in [0.1, 0.15) is 15.9 Å². The molecule has 3 N–H and O–H groups in total. The van der Waals surface area contributed by atoms with Crippen LogP contribution in [0.3, 0.4) is 0 Å². The predicted octanol–water partition coefficient (Wildman–Crippen LogP) is 2.60. The molecule has 7 heteroatoms. The Morgan fingerprint density at radius 3 is 2.92 bits per heavy atom. The Bertz CT molecular complexity index is 1020. The number of benzene rings is 1. The molecule has 0 atom stereocenters. The first-order chi connectivity index (χ1) is 11.6. The third-order valence-corrected chi connectivity index (χ3v) is 3.76. The maximum Gasteiger partial charge on any atom is 0.235 e. The van der Waals surface area contributed by atoms with Gasteiger partial charge in [0.2, 0.25) is 11.7 Å². The van der Waals surface area contributed by atoms with Crippen LogP contribution in [0.4, 0.5) is 0 Å². The van der Waals surface area contributed by atoms with Crippen molar-refractivity contribution in [1.82, 2.24) is 9.97 Å². The minimum Gasteiger partial charge on any atom is -0.508 e. The van der Waals surface area contributed by atoms with Gasteiger partial charge in [-0.1, -0.05) is 0 Å². The van der Waals surface area contributed by atoms with Gasteiger partial charge >= 0.3 is 0 Å². The molecule has 120 valence electrons. The van der Waals surface area contributed by atoms with E-state index in [0.29, 0.717) is 17.0 Å². The van der Waals surface area contributed by atoms with Crippen LogP contribution in [0, 0.1) is 0 Å². The molecule has 1 aliphatic rings. The molecule has 0 radical (unpaired) electrons. The van der Waals surface area contributed by atoms with Crippen molar-refractivity contribution in [3.05, 3.63) is 47.3 Å². The number of fused-ring (bicyclic) bond motifs is 2. The summed E-state index contributed by atoms with van der Waals surface area (Å²) < 4.78 is 10.6. The number of hydrogen-bond acceptors (Lipinski definition) is 6. The fourth-order valence-corrected chi connectivity index (χ4v) is 2.64. The number of nitrogens with zero attached hydrogens (tertiary/aromatic N) is 1. The molecule has 4 rings (SSSR count). The van der Waals surface area contributed by atoms with Gasteiger partial charge < -0.3 is 24.7 Å². The van der Waals surface area contributed by atoms with Crippen molar-refractivity contribution >= 4 is 22.9 Å². The van der Waals surface area contributed by atoms with Gasteiger partial charge in [0.15, 0.2) is 5.76 Å². The Balaban J connectivity index is 1.80. The highest BCUT2D eigenvalue weighted by atomic mass is 16.5. The smallest absolute Gasteiger partial charge is 0.235 e. The van der Waals surface area contributed by atoms with Gasteiger partial charge in [-0.3, -0.25) is 4.79 Å². The van der Waals surface area contributed by atoms with Crippen LogP contribution in [0.25, 0.3) is 17.1 Å². The number of pyridine rings is 1. The Morgan fingerprint density at radius 2 is 2.12 bits per heavy atom. The summed E-state index contributed by atoms with van der Waals surface area (Å²) in [4.78, 5) is 19.8. The van der Waals surface area contributed by atoms with Gasteiger partial charge in [0.05, 0.1) is 18.1 Å². The molecule has 7 nitrogen and oxygen atoms in total. The molecule has 0 unspecified atom stereocenters. The van der Waals surface area contributed by atoms with Gasteiger partial charge in [-0.2, -0.15) is 0 Å². The summed E-state index contributed by atoms with van der Waals surface area (Å²) >= 11 is 0. The highest BCUT2D eigenvalue weighted by molar-refractivity contribution is 6.16. The van der Waals surface area contributed by atoms with Crippen molar-refractivity contribution in [3.8, 4) is 23.1 Å². The van der Waals surface area contributed by atoms with Crippen molar-refractivity contribution < 1.29 is 24.5 Å². The van der Waals surface area contributed by atoms with Crippen molar-refractivity contribution in [1.29, 1.82) is 0 Å². The molecule has 2 aromatic heterocycles. The van der Waals surface area contributed by atoms with E-state index < -0.39 is 5.78 Å². The first-order valence-electron chi connectivity index (χ1n) is 7.09. The average Bonchev–Trinajstić information content (AvgIpc) is 3.09. The number of carbonyl (C=O) groups excluding carboxylic acids is 1. The SMILES string of the molecule is COc1ccc2[nH]cc(C=C3Oc4cc(O)cc(O)c4C3=O)c2n1. The van der Waals surface area contributed by atoms with Crippen molar-refractivity contribution in [2.24, 2.45) is 0 Å². The number of phenols is 2. The van der Waals surface area contributed by atoms with Crippen LogP contribution < -0.4 is 9.47 Å². The Kier molecular flexibility index (Phi) is 2.96. The summed E-state index contributed by atoms with van der Waals surface area (Å²) in [5, 5.41) is 19.3. The number of rotatable bonds is 2. The van der Waals surface area contributed by atoms with Crippen LogP contribution in [-0.4, -0.2) is 33.1 Å². The van der Waals surface area contributed by atoms with Gasteiger partial charge in [-0.15, -0.1) is 0 Å². The molecule has 1 aromatic carbocycles. The lowest BCUT2D eigenvalue weighted by Gasteiger charge is -2.00. The molecule has 0 amide bonds. The zero-order valence-electron chi connectivity index (χ0n) is 12.5. The van der Waals surface area contributed by atoms with E-state index in [1.807, 2.05) is 6.07 Å². The maximum atomic E-state index is 12.4. The monoisotopic (exact) mass is 324 g/mol. The van der Waals surface area contributed by atoms with E-state index >= 15 is 0 Å². The lowest BCUT2D eigenvalue weighted by Crippen LogP contribution is -1.98. The zero-order chi connectivity index (χ0) is 16.8. The van der Waals surface area contributed by atoms with Gasteiger partial charge in [-0.25, -0.2) is 4.98 Å². The molecule has 0 bridgehead atoms. The van der Waals surface area contributed by atoms with Gasteiger partial charge in [0, 0.05) is 30.0 Å². The molecule has 0 saturated heterocycles. The van der Waals surface area contributed by atoms with E-state index in [0.717, 1.165) is 11.6 Å². The third-order valence-electron chi connectivity index (χ3n) is 3.76. The molecule has 3 heterocycles. The van der Waals surface area contributed by atoms with E-state index in [9.17, 15) is 15.0 Å². The predicted molar refractivity (Wildman–Crippen MR) is 85.4 cm³/mol. The second-order valence-corrected chi connectivity index (χ2v) is 5.27. The summed E-state index contributed by atoms with van der Waals surface area (Å²) in [6.07, 6.45) is 3.23. The number of ketones is 1. The molecule has 3 aromatic rings. The van der Waals surface area contributed by atoms with E-state index in [-0.39, 0.29) is 28.6 Å². The second-order valence-electron chi connectivity index (χ2n) is 5.27. The Morgan fingerprint density at radius 1 is 1.29 bits per heavy atom. The summed E-state index contributed by atoms with van der Waals surface area (Å²) in [6.45, 7) is 0.